The van der Waals surface area contributed by atoms with Crippen LogP contribution in [0.1, 0.15) is 11.1 Å². The molecule has 0 bridgehead atoms. The number of hydrogen-bond acceptors (Lipinski definition) is 5. The van der Waals surface area contributed by atoms with E-state index in [9.17, 15) is 8.42 Å². The fourth-order valence-electron chi connectivity index (χ4n) is 3.49. The van der Waals surface area contributed by atoms with Gasteiger partial charge in [0.2, 0.25) is 10.0 Å². The Hall–Kier alpha value is -1.64. The summed E-state index contributed by atoms with van der Waals surface area (Å²) in [4.78, 5) is 7.04. The number of rotatable bonds is 4. The third-order valence-corrected chi connectivity index (χ3v) is 8.70. The standard InChI is InChI=1S/C21H21Cl2N3O2S2/c1-14-3-4-15(2)17(11-14)19-13-29-21(24-19)25-7-9-26(10-8-25)30(27,28)20-6-5-16(22)12-18(20)23/h3-6,11-13H,7-10H2,1-2H3. The normalized spacial score (nSPS) is 15.5. The van der Waals surface area contributed by atoms with Crippen molar-refractivity contribution in [1.82, 2.24) is 9.29 Å². The van der Waals surface area contributed by atoms with Gasteiger partial charge in [0.15, 0.2) is 5.13 Å². The van der Waals surface area contributed by atoms with E-state index >= 15 is 0 Å². The number of anilines is 1. The highest BCUT2D eigenvalue weighted by Gasteiger charge is 2.31. The maximum absolute atomic E-state index is 13.0. The average molecular weight is 482 g/mol. The minimum Gasteiger partial charge on any atom is -0.345 e. The number of piperazine rings is 1. The third kappa shape index (κ3) is 4.22. The number of hydrogen-bond donors (Lipinski definition) is 0. The molecule has 1 fully saturated rings. The van der Waals surface area contributed by atoms with Crippen LogP contribution in [0, 0.1) is 13.8 Å². The zero-order valence-corrected chi connectivity index (χ0v) is 19.7. The Labute approximate surface area is 190 Å². The van der Waals surface area contributed by atoms with Crippen molar-refractivity contribution >= 4 is 49.7 Å². The van der Waals surface area contributed by atoms with Crippen LogP contribution in [-0.2, 0) is 10.0 Å². The van der Waals surface area contributed by atoms with E-state index in [4.69, 9.17) is 28.2 Å². The van der Waals surface area contributed by atoms with Gasteiger partial charge in [0.05, 0.1) is 10.7 Å². The zero-order valence-electron chi connectivity index (χ0n) is 16.6. The molecule has 0 aliphatic carbocycles. The van der Waals surface area contributed by atoms with Crippen molar-refractivity contribution in [1.29, 1.82) is 0 Å². The lowest BCUT2D eigenvalue weighted by Crippen LogP contribution is -2.48. The predicted octanol–water partition coefficient (Wildman–Crippen LogP) is 5.24. The molecule has 0 N–H and O–H groups in total. The van der Waals surface area contributed by atoms with Crippen molar-refractivity contribution in [2.24, 2.45) is 0 Å². The van der Waals surface area contributed by atoms with Crippen LogP contribution in [0.25, 0.3) is 11.3 Å². The molecule has 0 spiro atoms. The van der Waals surface area contributed by atoms with E-state index in [1.165, 1.54) is 27.6 Å². The first-order chi connectivity index (χ1) is 14.3. The van der Waals surface area contributed by atoms with Crippen LogP contribution in [0.4, 0.5) is 5.13 Å². The van der Waals surface area contributed by atoms with E-state index in [0.717, 1.165) is 16.4 Å². The van der Waals surface area contributed by atoms with E-state index in [0.29, 0.717) is 31.2 Å². The van der Waals surface area contributed by atoms with Crippen molar-refractivity contribution in [3.8, 4) is 11.3 Å². The molecule has 0 radical (unpaired) electrons. The second-order valence-electron chi connectivity index (χ2n) is 7.30. The number of nitrogens with zero attached hydrogens (tertiary/aromatic N) is 3. The summed E-state index contributed by atoms with van der Waals surface area (Å²) in [6.45, 7) is 6.05. The minimum absolute atomic E-state index is 0.0912. The van der Waals surface area contributed by atoms with Gasteiger partial charge >= 0.3 is 0 Å². The molecule has 0 saturated carbocycles. The monoisotopic (exact) mass is 481 g/mol. The second-order valence-corrected chi connectivity index (χ2v) is 10.9. The summed E-state index contributed by atoms with van der Waals surface area (Å²) in [7, 11) is -3.66. The maximum atomic E-state index is 13.0. The van der Waals surface area contributed by atoms with Crippen LogP contribution in [0.5, 0.6) is 0 Å². The van der Waals surface area contributed by atoms with Crippen LogP contribution in [0.3, 0.4) is 0 Å². The van der Waals surface area contributed by atoms with E-state index in [1.54, 1.807) is 17.4 Å². The summed E-state index contributed by atoms with van der Waals surface area (Å²) in [5, 5.41) is 3.52. The van der Waals surface area contributed by atoms with E-state index in [1.807, 2.05) is 0 Å². The lowest BCUT2D eigenvalue weighted by atomic mass is 10.0. The van der Waals surface area contributed by atoms with Crippen molar-refractivity contribution in [2.75, 3.05) is 31.1 Å². The van der Waals surface area contributed by atoms with Gasteiger partial charge in [-0.2, -0.15) is 4.31 Å². The molecule has 0 unspecified atom stereocenters. The number of aromatic nitrogens is 1. The van der Waals surface area contributed by atoms with E-state index in [-0.39, 0.29) is 9.92 Å². The molecular weight excluding hydrogens is 461 g/mol. The first-order valence-corrected chi connectivity index (χ1v) is 12.6. The highest BCUT2D eigenvalue weighted by Crippen LogP contribution is 2.32. The number of thiazole rings is 1. The number of sulfonamides is 1. The van der Waals surface area contributed by atoms with Gasteiger partial charge in [-0.05, 0) is 43.7 Å². The molecule has 3 aromatic rings. The molecule has 30 heavy (non-hydrogen) atoms. The second kappa shape index (κ2) is 8.48. The molecule has 1 saturated heterocycles. The van der Waals surface area contributed by atoms with Crippen LogP contribution < -0.4 is 4.90 Å². The van der Waals surface area contributed by atoms with Gasteiger partial charge in [-0.3, -0.25) is 0 Å². The molecule has 0 amide bonds. The third-order valence-electron chi connectivity index (χ3n) is 5.18. The Bertz CT molecular complexity index is 1190. The van der Waals surface area contributed by atoms with Crippen LogP contribution in [0.15, 0.2) is 46.7 Å². The van der Waals surface area contributed by atoms with Crippen LogP contribution >= 0.6 is 34.5 Å². The summed E-state index contributed by atoms with van der Waals surface area (Å²) in [5.74, 6) is 0. The summed E-state index contributed by atoms with van der Waals surface area (Å²) < 4.78 is 27.4. The Morgan fingerprint density at radius 3 is 2.43 bits per heavy atom. The molecule has 2 heterocycles. The molecule has 5 nitrogen and oxygen atoms in total. The lowest BCUT2D eigenvalue weighted by molar-refractivity contribution is 0.385. The van der Waals surface area contributed by atoms with Gasteiger partial charge in [0, 0.05) is 42.1 Å². The minimum atomic E-state index is -3.66. The SMILES string of the molecule is Cc1ccc(C)c(-c2csc(N3CCN(S(=O)(=O)c4ccc(Cl)cc4Cl)CC3)n2)c1. The van der Waals surface area contributed by atoms with Gasteiger partial charge in [0.1, 0.15) is 4.90 Å². The number of aryl methyl sites for hydroxylation is 2. The van der Waals surface area contributed by atoms with Crippen LogP contribution in [0.2, 0.25) is 10.0 Å². The Morgan fingerprint density at radius 1 is 1.00 bits per heavy atom. The summed E-state index contributed by atoms with van der Waals surface area (Å²) in [6, 6.07) is 10.8. The smallest absolute Gasteiger partial charge is 0.244 e. The van der Waals surface area contributed by atoms with Crippen LogP contribution in [-0.4, -0.2) is 43.9 Å². The highest BCUT2D eigenvalue weighted by molar-refractivity contribution is 7.89. The lowest BCUT2D eigenvalue weighted by Gasteiger charge is -2.33. The van der Waals surface area contributed by atoms with Gasteiger partial charge in [-0.15, -0.1) is 11.3 Å². The molecule has 0 atom stereocenters. The Kier molecular flexibility index (Phi) is 6.10. The van der Waals surface area contributed by atoms with Gasteiger partial charge in [-0.1, -0.05) is 40.9 Å². The van der Waals surface area contributed by atoms with Crippen molar-refractivity contribution in [2.45, 2.75) is 18.7 Å². The fraction of sp³-hybridized carbons (Fsp3) is 0.286. The van der Waals surface area contributed by atoms with E-state index < -0.39 is 10.0 Å². The Morgan fingerprint density at radius 2 is 1.73 bits per heavy atom. The molecule has 1 aromatic heterocycles. The highest BCUT2D eigenvalue weighted by atomic mass is 35.5. The average Bonchev–Trinajstić information content (AvgIpc) is 3.19. The molecule has 1 aliphatic rings. The maximum Gasteiger partial charge on any atom is 0.244 e. The first kappa shape index (κ1) is 21.6. The molecule has 1 aliphatic heterocycles. The molecule has 4 rings (SSSR count). The van der Waals surface area contributed by atoms with Crippen molar-refractivity contribution < 1.29 is 8.42 Å². The molecule has 2 aromatic carbocycles. The summed E-state index contributed by atoms with van der Waals surface area (Å²) in [6.07, 6.45) is 0. The number of benzene rings is 2. The molecule has 158 valence electrons. The fourth-order valence-corrected chi connectivity index (χ4v) is 6.54. The first-order valence-electron chi connectivity index (χ1n) is 9.49. The Balaban J connectivity index is 1.49. The largest absolute Gasteiger partial charge is 0.345 e. The van der Waals surface area contributed by atoms with Crippen molar-refractivity contribution in [3.63, 3.8) is 0 Å². The van der Waals surface area contributed by atoms with E-state index in [2.05, 4.69) is 42.3 Å². The summed E-state index contributed by atoms with van der Waals surface area (Å²) in [5.41, 5.74) is 4.48. The molecular formula is C21H21Cl2N3O2S2. The zero-order chi connectivity index (χ0) is 21.5. The molecule has 9 heteroatoms. The predicted molar refractivity (Wildman–Crippen MR) is 124 cm³/mol. The topological polar surface area (TPSA) is 53.5 Å². The van der Waals surface area contributed by atoms with Gasteiger partial charge < -0.3 is 4.90 Å². The summed E-state index contributed by atoms with van der Waals surface area (Å²) >= 11 is 13.6. The quantitative estimate of drug-likeness (QED) is 0.510. The van der Waals surface area contributed by atoms with Crippen molar-refractivity contribution in [3.05, 3.63) is 63.0 Å². The van der Waals surface area contributed by atoms with Gasteiger partial charge in [0.25, 0.3) is 0 Å². The van der Waals surface area contributed by atoms with Gasteiger partial charge in [-0.25, -0.2) is 13.4 Å². The number of halogens is 2.